The molecule has 28 heavy (non-hydrogen) atoms. The van der Waals surface area contributed by atoms with E-state index in [2.05, 4.69) is 6.07 Å². The van der Waals surface area contributed by atoms with E-state index in [1.807, 2.05) is 77.7 Å². The highest BCUT2D eigenvalue weighted by Crippen LogP contribution is 2.29. The number of benzene rings is 3. The highest BCUT2D eigenvalue weighted by atomic mass is 32.2. The molecule has 3 aromatic carbocycles. The topological polar surface area (TPSA) is 37.4 Å². The van der Waals surface area contributed by atoms with Gasteiger partial charge in [-0.2, -0.15) is 0 Å². The second-order valence-electron chi connectivity index (χ2n) is 6.79. The lowest BCUT2D eigenvalue weighted by Gasteiger charge is -2.29. The summed E-state index contributed by atoms with van der Waals surface area (Å²) in [6.45, 7) is 0.736. The van der Waals surface area contributed by atoms with Gasteiger partial charge in [0.05, 0.1) is 5.75 Å². The van der Waals surface area contributed by atoms with Gasteiger partial charge in [0.15, 0.2) is 5.78 Å². The second-order valence-corrected chi connectivity index (χ2v) is 7.84. The van der Waals surface area contributed by atoms with E-state index in [-0.39, 0.29) is 11.7 Å². The molecular weight excluding hydrogens is 366 g/mol. The predicted octanol–water partition coefficient (Wildman–Crippen LogP) is 5.25. The van der Waals surface area contributed by atoms with Crippen LogP contribution in [0.5, 0.6) is 0 Å². The molecule has 1 amide bonds. The van der Waals surface area contributed by atoms with Gasteiger partial charge in [-0.25, -0.2) is 0 Å². The highest BCUT2D eigenvalue weighted by Gasteiger charge is 2.23. The maximum Gasteiger partial charge on any atom is 0.258 e. The first-order valence-electron chi connectivity index (χ1n) is 9.43. The molecular formula is C24H21NO2S. The number of thioether (sulfide) groups is 1. The number of ketones is 1. The van der Waals surface area contributed by atoms with E-state index in [1.165, 1.54) is 17.3 Å². The fourth-order valence-electron chi connectivity index (χ4n) is 3.48. The Balaban J connectivity index is 1.48. The Morgan fingerprint density at radius 2 is 1.61 bits per heavy atom. The quantitative estimate of drug-likeness (QED) is 0.443. The molecule has 0 atom stereocenters. The summed E-state index contributed by atoms with van der Waals surface area (Å²) in [7, 11) is 0. The third kappa shape index (κ3) is 4.02. The number of hydrogen-bond donors (Lipinski definition) is 0. The minimum Gasteiger partial charge on any atom is -0.308 e. The minimum absolute atomic E-state index is 0.0176. The summed E-state index contributed by atoms with van der Waals surface area (Å²) >= 11 is 1.47. The van der Waals surface area contributed by atoms with Gasteiger partial charge in [0, 0.05) is 28.3 Å². The average Bonchev–Trinajstić information content (AvgIpc) is 2.77. The van der Waals surface area contributed by atoms with Crippen LogP contribution in [-0.2, 0) is 6.42 Å². The summed E-state index contributed by atoms with van der Waals surface area (Å²) in [6, 6.07) is 25.0. The summed E-state index contributed by atoms with van der Waals surface area (Å²) in [5, 5.41) is 0. The summed E-state index contributed by atoms with van der Waals surface area (Å²) in [4.78, 5) is 28.3. The van der Waals surface area contributed by atoms with Crippen LogP contribution in [0.1, 0.15) is 32.7 Å². The molecule has 0 spiro atoms. The fraction of sp³-hybridized carbons (Fsp3) is 0.167. The van der Waals surface area contributed by atoms with Crippen molar-refractivity contribution in [2.24, 2.45) is 0 Å². The second kappa shape index (κ2) is 8.44. The summed E-state index contributed by atoms with van der Waals surface area (Å²) in [5.41, 5.74) is 3.61. The van der Waals surface area contributed by atoms with Gasteiger partial charge < -0.3 is 4.90 Å². The van der Waals surface area contributed by atoms with E-state index < -0.39 is 0 Å². The van der Waals surface area contributed by atoms with Crippen molar-refractivity contribution in [2.45, 2.75) is 17.7 Å². The van der Waals surface area contributed by atoms with Crippen molar-refractivity contribution in [1.29, 1.82) is 0 Å². The molecule has 3 nitrogen and oxygen atoms in total. The Morgan fingerprint density at radius 1 is 0.857 bits per heavy atom. The Morgan fingerprint density at radius 3 is 2.46 bits per heavy atom. The number of para-hydroxylation sites is 1. The molecule has 1 aliphatic rings. The molecule has 0 saturated carbocycles. The van der Waals surface area contributed by atoms with Crippen molar-refractivity contribution in [2.75, 3.05) is 17.2 Å². The first kappa shape index (κ1) is 18.5. The number of amides is 1. The molecule has 4 rings (SSSR count). The van der Waals surface area contributed by atoms with Crippen molar-refractivity contribution in [3.05, 3.63) is 95.6 Å². The predicted molar refractivity (Wildman–Crippen MR) is 114 cm³/mol. The molecule has 0 aliphatic carbocycles. The van der Waals surface area contributed by atoms with Crippen LogP contribution in [0.15, 0.2) is 83.8 Å². The van der Waals surface area contributed by atoms with Gasteiger partial charge in [-0.15, -0.1) is 11.8 Å². The summed E-state index contributed by atoms with van der Waals surface area (Å²) in [5.74, 6) is 0.463. The van der Waals surface area contributed by atoms with E-state index in [4.69, 9.17) is 0 Å². The van der Waals surface area contributed by atoms with E-state index in [1.54, 1.807) is 0 Å². The van der Waals surface area contributed by atoms with Crippen LogP contribution in [-0.4, -0.2) is 24.0 Å². The molecule has 1 heterocycles. The molecule has 0 fully saturated rings. The van der Waals surface area contributed by atoms with E-state index in [9.17, 15) is 9.59 Å². The zero-order chi connectivity index (χ0) is 19.3. The maximum absolute atomic E-state index is 13.1. The minimum atomic E-state index is 0.0176. The third-order valence-electron chi connectivity index (χ3n) is 4.90. The molecule has 0 N–H and O–H groups in total. The Kier molecular flexibility index (Phi) is 5.58. The van der Waals surface area contributed by atoms with Gasteiger partial charge in [0.25, 0.3) is 5.91 Å². The van der Waals surface area contributed by atoms with Gasteiger partial charge in [-0.05, 0) is 42.7 Å². The smallest absolute Gasteiger partial charge is 0.258 e. The zero-order valence-electron chi connectivity index (χ0n) is 15.5. The lowest BCUT2D eigenvalue weighted by molar-refractivity contribution is 0.0983. The molecule has 140 valence electrons. The molecule has 0 radical (unpaired) electrons. The van der Waals surface area contributed by atoms with Crippen molar-refractivity contribution in [3.8, 4) is 0 Å². The Hall–Kier alpha value is -2.85. The largest absolute Gasteiger partial charge is 0.308 e. The van der Waals surface area contributed by atoms with Gasteiger partial charge in [0.2, 0.25) is 0 Å². The summed E-state index contributed by atoms with van der Waals surface area (Å²) < 4.78 is 0. The van der Waals surface area contributed by atoms with Crippen LogP contribution in [0.2, 0.25) is 0 Å². The van der Waals surface area contributed by atoms with Gasteiger partial charge in [-0.1, -0.05) is 54.6 Å². The monoisotopic (exact) mass is 387 g/mol. The standard InChI is InChI=1S/C24H21NO2S/c26-23(19-9-2-1-3-10-19)17-28-21-13-6-11-20(16-21)24(27)25-15-7-12-18-8-4-5-14-22(18)25/h1-6,8-11,13-14,16H,7,12,15,17H2. The van der Waals surface area contributed by atoms with Crippen molar-refractivity contribution in [1.82, 2.24) is 0 Å². The number of fused-ring (bicyclic) bond motifs is 1. The first-order chi connectivity index (χ1) is 13.7. The number of hydrogen-bond acceptors (Lipinski definition) is 3. The van der Waals surface area contributed by atoms with Crippen molar-refractivity contribution < 1.29 is 9.59 Å². The SMILES string of the molecule is O=C(CSc1cccc(C(=O)N2CCCc3ccccc32)c1)c1ccccc1. The number of carbonyl (C=O) groups is 2. The van der Waals surface area contributed by atoms with Crippen molar-refractivity contribution in [3.63, 3.8) is 0 Å². The lowest BCUT2D eigenvalue weighted by Crippen LogP contribution is -2.35. The van der Waals surface area contributed by atoms with Gasteiger partial charge >= 0.3 is 0 Å². The molecule has 0 unspecified atom stereocenters. The summed E-state index contributed by atoms with van der Waals surface area (Å²) in [6.07, 6.45) is 1.99. The number of anilines is 1. The van der Waals surface area contributed by atoms with Gasteiger partial charge in [0.1, 0.15) is 0 Å². The van der Waals surface area contributed by atoms with Crippen LogP contribution < -0.4 is 4.90 Å². The molecule has 0 bridgehead atoms. The van der Waals surface area contributed by atoms with E-state index in [0.29, 0.717) is 16.9 Å². The molecule has 0 aromatic heterocycles. The Labute approximate surface area is 169 Å². The third-order valence-corrected chi connectivity index (χ3v) is 5.90. The average molecular weight is 388 g/mol. The molecule has 0 saturated heterocycles. The molecule has 3 aromatic rings. The van der Waals surface area contributed by atoms with Gasteiger partial charge in [-0.3, -0.25) is 9.59 Å². The van der Waals surface area contributed by atoms with Crippen LogP contribution >= 0.6 is 11.8 Å². The van der Waals surface area contributed by atoms with Crippen LogP contribution in [0.25, 0.3) is 0 Å². The number of Topliss-reactive ketones (excluding diaryl/α,β-unsaturated/α-hetero) is 1. The van der Waals surface area contributed by atoms with Crippen LogP contribution in [0, 0.1) is 0 Å². The van der Waals surface area contributed by atoms with Crippen molar-refractivity contribution >= 4 is 29.1 Å². The number of aryl methyl sites for hydroxylation is 1. The normalized spacial score (nSPS) is 13.1. The molecule has 4 heteroatoms. The van der Waals surface area contributed by atoms with Crippen LogP contribution in [0.3, 0.4) is 0 Å². The highest BCUT2D eigenvalue weighted by molar-refractivity contribution is 8.00. The number of rotatable bonds is 5. The number of carbonyl (C=O) groups excluding carboxylic acids is 2. The zero-order valence-corrected chi connectivity index (χ0v) is 16.3. The van der Waals surface area contributed by atoms with E-state index >= 15 is 0 Å². The maximum atomic E-state index is 13.1. The fourth-order valence-corrected chi connectivity index (χ4v) is 4.33. The van der Waals surface area contributed by atoms with E-state index in [0.717, 1.165) is 30.0 Å². The number of nitrogens with zero attached hydrogens (tertiary/aromatic N) is 1. The Bertz CT molecular complexity index is 1000. The first-order valence-corrected chi connectivity index (χ1v) is 10.4. The van der Waals surface area contributed by atoms with Crippen LogP contribution in [0.4, 0.5) is 5.69 Å². The molecule has 1 aliphatic heterocycles. The lowest BCUT2D eigenvalue weighted by atomic mass is 10.0.